The molecule has 0 radical (unpaired) electrons. The summed E-state index contributed by atoms with van der Waals surface area (Å²) in [5, 5.41) is 55.4. The van der Waals surface area contributed by atoms with Crippen molar-refractivity contribution in [1.29, 1.82) is 0 Å². The van der Waals surface area contributed by atoms with E-state index in [9.17, 15) is 15.3 Å². The molecule has 104 heavy (non-hydrogen) atoms. The summed E-state index contributed by atoms with van der Waals surface area (Å²) in [6.45, 7) is 21.0. The Kier molecular flexibility index (Phi) is 23.0. The topological polar surface area (TPSA) is 168 Å². The molecule has 0 atom stereocenters. The van der Waals surface area contributed by atoms with Crippen molar-refractivity contribution in [2.45, 2.75) is 81.1 Å². The average Bonchev–Trinajstić information content (AvgIpc) is 1.51. The van der Waals surface area contributed by atoms with Gasteiger partial charge in [0, 0.05) is 114 Å². The second-order valence-electron chi connectivity index (χ2n) is 25.9. The smallest absolute Gasteiger partial charge is 0.141 e. The van der Waals surface area contributed by atoms with E-state index >= 15 is 0 Å². The van der Waals surface area contributed by atoms with E-state index < -0.39 is 0 Å². The number of aromatic nitrogens is 12. The van der Waals surface area contributed by atoms with Crippen molar-refractivity contribution in [3.8, 4) is 108 Å². The van der Waals surface area contributed by atoms with Crippen LogP contribution in [-0.2, 0) is 63.2 Å². The number of aromatic hydroxyl groups is 3. The number of phenolic OH excluding ortho intramolecular Hbond substituents is 3. The van der Waals surface area contributed by atoms with Crippen molar-refractivity contribution >= 4 is 21.9 Å². The largest absolute Gasteiger partial charge is 0.506 e. The third kappa shape index (κ3) is 15.1. The van der Waals surface area contributed by atoms with Crippen molar-refractivity contribution in [3.63, 3.8) is 0 Å². The molecule has 15 nitrogen and oxygen atoms in total. The number of para-hydroxylation sites is 9. The Morgan fingerprint density at radius 3 is 1.24 bits per heavy atom. The first-order valence-corrected chi connectivity index (χ1v) is 33.8. The molecule has 0 fully saturated rings. The molecule has 0 aliphatic carbocycles. The van der Waals surface area contributed by atoms with E-state index in [1.54, 1.807) is 44.4 Å². The Hall–Kier alpha value is -10.6. The third-order valence-corrected chi connectivity index (χ3v) is 18.0. The van der Waals surface area contributed by atoms with Crippen molar-refractivity contribution in [1.82, 2.24) is 58.5 Å². The van der Waals surface area contributed by atoms with Crippen LogP contribution in [-0.4, -0.2) is 73.8 Å². The van der Waals surface area contributed by atoms with Crippen LogP contribution in [0.1, 0.15) is 84.8 Å². The molecule has 0 aliphatic rings. The van der Waals surface area contributed by atoms with E-state index in [0.717, 1.165) is 113 Å². The number of aryl methyl sites for hydroxylation is 6. The predicted octanol–water partition coefficient (Wildman–Crippen LogP) is 19.4. The quantitative estimate of drug-likeness (QED) is 0.0952. The number of hydrogen-bond acceptors (Lipinski definition) is 9. The number of benzene rings is 10. The Balaban J connectivity index is 0.000000162. The average molecular weight is 1910 g/mol. The van der Waals surface area contributed by atoms with Gasteiger partial charge in [-0.1, -0.05) is 148 Å². The van der Waals surface area contributed by atoms with Crippen molar-refractivity contribution in [2.75, 3.05) is 0 Å². The summed E-state index contributed by atoms with van der Waals surface area (Å²) < 4.78 is 11.4. The maximum Gasteiger partial charge on any atom is 0.141 e. The molecule has 0 bridgehead atoms. The zero-order valence-corrected chi connectivity index (χ0v) is 65.7. The summed E-state index contributed by atoms with van der Waals surface area (Å²) in [6.07, 6.45) is 0. The molecular weight excluding hydrogens is 1830 g/mol. The Bertz CT molecular complexity index is 5690. The Morgan fingerprint density at radius 2 is 0.760 bits per heavy atom. The van der Waals surface area contributed by atoms with Crippen LogP contribution in [0.2, 0.25) is 0 Å². The van der Waals surface area contributed by atoms with Gasteiger partial charge in [-0.15, -0.1) is 83.9 Å². The van der Waals surface area contributed by atoms with E-state index in [1.807, 2.05) is 184 Å². The molecule has 0 saturated heterocycles. The maximum absolute atomic E-state index is 10.5. The summed E-state index contributed by atoms with van der Waals surface area (Å²) in [4.78, 5) is 5.23. The van der Waals surface area contributed by atoms with Gasteiger partial charge in [0.1, 0.15) is 34.3 Å². The predicted molar refractivity (Wildman–Crippen MR) is 402 cm³/mol. The first-order chi connectivity index (χ1) is 48.9. The number of hydrogen-bond donors (Lipinski definition) is 3. The molecule has 0 unspecified atom stereocenters. The maximum atomic E-state index is 10.5. The zero-order valence-electron chi connectivity index (χ0n) is 58.9. The van der Waals surface area contributed by atoms with Gasteiger partial charge in [0.25, 0.3) is 0 Å². The van der Waals surface area contributed by atoms with Gasteiger partial charge in [-0.3, -0.25) is 14.3 Å². The van der Waals surface area contributed by atoms with E-state index in [2.05, 4.69) is 140 Å². The van der Waals surface area contributed by atoms with Crippen molar-refractivity contribution < 1.29 is 78.5 Å². The molecule has 0 saturated carbocycles. The number of imidazole rings is 1. The van der Waals surface area contributed by atoms with E-state index in [4.69, 9.17) is 20.3 Å². The molecule has 530 valence electrons. The van der Waals surface area contributed by atoms with Gasteiger partial charge in [-0.25, -0.2) is 29.3 Å². The molecule has 0 spiro atoms. The standard InChI is InChI=1S/C41H37N4O.C24H19N4O.C21H19N4O.3Pt/c1-26(2)33-24-32(29-14-7-6-8-15-29)25-34(27(3)4)40(33)44-37-19-10-9-18-35(37)42-41(44)31-17-13-16-30(23-31)36-22-28(5)45(43-36)38-20-11-12-21-39(38)46;1-16-14-21(26-27(16)23-12-5-6-13-24(23)29)18-8-7-9-19(15-18)28-22-11-4-3-10-20(22)17(2)25-28;1-14-11-15(2)24(22-14)18-8-6-7-17(13-18)19-12-16(3)25(23-19)20-9-4-5-10-21(20)26;;;/h6-22,24-27,46H,1-5H3;3-14,29H,1-2H3;4-12,26H,1-3H3;;;/q3*-1;;;. The summed E-state index contributed by atoms with van der Waals surface area (Å²) in [5.74, 6) is 1.99. The van der Waals surface area contributed by atoms with Gasteiger partial charge in [0.15, 0.2) is 0 Å². The van der Waals surface area contributed by atoms with Crippen LogP contribution >= 0.6 is 0 Å². The molecule has 16 aromatic rings. The van der Waals surface area contributed by atoms with Crippen molar-refractivity contribution in [2.24, 2.45) is 0 Å². The Morgan fingerprint density at radius 1 is 0.346 bits per heavy atom. The molecule has 0 amide bonds. The van der Waals surface area contributed by atoms with Gasteiger partial charge >= 0.3 is 0 Å². The second kappa shape index (κ2) is 32.0. The number of rotatable bonds is 13. The first-order valence-electron chi connectivity index (χ1n) is 33.8. The molecule has 6 heterocycles. The molecule has 10 aromatic carbocycles. The minimum absolute atomic E-state index is 0. The Labute approximate surface area is 648 Å². The molecule has 18 heteroatoms. The summed E-state index contributed by atoms with van der Waals surface area (Å²) in [6, 6.07) is 90.1. The molecule has 16 rings (SSSR count). The minimum Gasteiger partial charge on any atom is -0.506 e. The SMILES string of the molecule is Cc1cc(-c2[c-]c(-c3nc4ccccc4n3-c3c(C(C)C)cc(-c4ccccc4)cc3C(C)C)ccc2)nn1-c1ccccc1O.Cc1cc(C)n(-c2[c-]c(-c3cc(C)n(-c4ccccc4O)n3)ccc2)n1.Cc1nn(-c2[c-]c(-c3cc(C)n(-c4ccccc4O)n3)ccc2)c2ccccc12.[Pt].[Pt].[Pt]. The van der Waals surface area contributed by atoms with Crippen LogP contribution in [0.5, 0.6) is 17.2 Å². The fourth-order valence-corrected chi connectivity index (χ4v) is 13.0. The van der Waals surface area contributed by atoms with Gasteiger partial charge in [-0.05, 0) is 166 Å². The summed E-state index contributed by atoms with van der Waals surface area (Å²) in [7, 11) is 0. The van der Waals surface area contributed by atoms with E-state index in [1.165, 1.54) is 27.9 Å². The molecule has 6 aromatic heterocycles. The van der Waals surface area contributed by atoms with Gasteiger partial charge < -0.3 is 19.9 Å². The van der Waals surface area contributed by atoms with Crippen LogP contribution in [0.3, 0.4) is 0 Å². The number of nitrogens with zero attached hydrogens (tertiary/aromatic N) is 12. The van der Waals surface area contributed by atoms with Gasteiger partial charge in [-0.2, -0.15) is 10.2 Å². The first kappa shape index (κ1) is 74.6. The summed E-state index contributed by atoms with van der Waals surface area (Å²) in [5.41, 5.74) is 24.6. The third-order valence-electron chi connectivity index (χ3n) is 18.0. The van der Waals surface area contributed by atoms with Crippen LogP contribution in [0.4, 0.5) is 0 Å². The molecule has 0 aliphatic heterocycles. The fourth-order valence-electron chi connectivity index (χ4n) is 13.0. The van der Waals surface area contributed by atoms with Crippen LogP contribution < -0.4 is 0 Å². The monoisotopic (exact) mass is 1910 g/mol. The second-order valence-corrected chi connectivity index (χ2v) is 25.9. The van der Waals surface area contributed by atoms with Crippen LogP contribution in [0, 0.1) is 59.7 Å². The van der Waals surface area contributed by atoms with E-state index in [-0.39, 0.29) is 92.3 Å². The molecular formula is C86H75N12O3Pt3-3. The number of fused-ring (bicyclic) bond motifs is 2. The van der Waals surface area contributed by atoms with Crippen molar-refractivity contribution in [3.05, 3.63) is 306 Å². The van der Waals surface area contributed by atoms with Gasteiger partial charge in [0.05, 0.1) is 33.8 Å². The van der Waals surface area contributed by atoms with Crippen LogP contribution in [0.25, 0.3) is 112 Å². The normalized spacial score (nSPS) is 11.0. The fraction of sp³-hybridized carbons (Fsp3) is 0.140. The van der Waals surface area contributed by atoms with Crippen LogP contribution in [0.15, 0.2) is 243 Å². The summed E-state index contributed by atoms with van der Waals surface area (Å²) >= 11 is 0. The zero-order chi connectivity index (χ0) is 70.2. The minimum atomic E-state index is 0. The number of phenols is 3. The van der Waals surface area contributed by atoms with Gasteiger partial charge in [0.2, 0.25) is 0 Å². The van der Waals surface area contributed by atoms with E-state index in [0.29, 0.717) is 17.1 Å². The molecule has 3 N–H and O–H groups in total.